The van der Waals surface area contributed by atoms with Crippen LogP contribution >= 0.6 is 0 Å². The molecular formula is C15H25NO12. The topological polar surface area (TPSA) is 204 Å². The standard InChI is InChI=1S/C15H25NO12/c1-4(18)16-6-10(7(19)5(3-17)26-14(6)24)27-15-9(21)8(20)11(25-2)12(28-15)13(22)23/h5-12,14-15,17,19-21,24H,3H2,1-2H3,(H,16,18)(H,22,23)/t5?,6?,7-,8+,9?,10+,11-,12?,14+,15+/m0/s1. The Balaban J connectivity index is 2.26. The molecule has 7 N–H and O–H groups in total. The molecule has 2 rings (SSSR count). The van der Waals surface area contributed by atoms with Gasteiger partial charge in [0.2, 0.25) is 5.91 Å². The zero-order valence-corrected chi connectivity index (χ0v) is 15.1. The maximum atomic E-state index is 11.4. The number of aliphatic hydroxyl groups is 5. The molecule has 2 fully saturated rings. The van der Waals surface area contributed by atoms with Crippen LogP contribution in [0.25, 0.3) is 0 Å². The van der Waals surface area contributed by atoms with E-state index in [-0.39, 0.29) is 0 Å². The Kier molecular flexibility index (Phi) is 7.66. The van der Waals surface area contributed by atoms with Gasteiger partial charge in [-0.2, -0.15) is 0 Å². The first-order valence-corrected chi connectivity index (χ1v) is 8.44. The van der Waals surface area contributed by atoms with Crippen molar-refractivity contribution in [2.45, 2.75) is 68.3 Å². The van der Waals surface area contributed by atoms with Crippen LogP contribution in [0.3, 0.4) is 0 Å². The van der Waals surface area contributed by atoms with Gasteiger partial charge in [0.1, 0.15) is 42.7 Å². The summed E-state index contributed by atoms with van der Waals surface area (Å²) in [5.74, 6) is -2.10. The molecule has 2 heterocycles. The molecule has 0 aliphatic carbocycles. The lowest BCUT2D eigenvalue weighted by Crippen LogP contribution is -2.68. The first-order valence-electron chi connectivity index (χ1n) is 8.44. The predicted octanol–water partition coefficient (Wildman–Crippen LogP) is -4.51. The molecule has 2 aliphatic rings. The molecule has 28 heavy (non-hydrogen) atoms. The zero-order chi connectivity index (χ0) is 21.2. The molecule has 162 valence electrons. The van der Waals surface area contributed by atoms with Crippen LogP contribution in [0.4, 0.5) is 0 Å². The van der Waals surface area contributed by atoms with Gasteiger partial charge in [-0.25, -0.2) is 4.79 Å². The maximum absolute atomic E-state index is 11.4. The summed E-state index contributed by atoms with van der Waals surface area (Å²) in [7, 11) is 1.12. The van der Waals surface area contributed by atoms with Crippen molar-refractivity contribution in [2.75, 3.05) is 13.7 Å². The summed E-state index contributed by atoms with van der Waals surface area (Å²) in [5.41, 5.74) is 0. The highest BCUT2D eigenvalue weighted by Crippen LogP contribution is 2.29. The summed E-state index contributed by atoms with van der Waals surface area (Å²) < 4.78 is 20.5. The Labute approximate surface area is 159 Å². The van der Waals surface area contributed by atoms with Gasteiger partial charge in [0.25, 0.3) is 0 Å². The normalized spacial score (nSPS) is 44.1. The Morgan fingerprint density at radius 3 is 2.18 bits per heavy atom. The molecule has 13 heteroatoms. The number of carboxylic acid groups (broad SMARTS) is 1. The molecule has 10 atom stereocenters. The van der Waals surface area contributed by atoms with Gasteiger partial charge in [-0.1, -0.05) is 0 Å². The lowest BCUT2D eigenvalue weighted by atomic mass is 9.95. The van der Waals surface area contributed by atoms with Crippen molar-refractivity contribution in [3.63, 3.8) is 0 Å². The fourth-order valence-corrected chi connectivity index (χ4v) is 3.20. The van der Waals surface area contributed by atoms with E-state index < -0.39 is 79.8 Å². The van der Waals surface area contributed by atoms with Crippen LogP contribution in [0.1, 0.15) is 6.92 Å². The molecule has 4 unspecified atom stereocenters. The lowest BCUT2D eigenvalue weighted by Gasteiger charge is -2.46. The molecule has 0 aromatic rings. The molecule has 0 aromatic heterocycles. The van der Waals surface area contributed by atoms with E-state index in [2.05, 4.69) is 5.32 Å². The number of ether oxygens (including phenoxy) is 4. The second-order valence-corrected chi connectivity index (χ2v) is 6.51. The molecule has 0 bridgehead atoms. The average molecular weight is 411 g/mol. The van der Waals surface area contributed by atoms with Crippen LogP contribution in [0.5, 0.6) is 0 Å². The lowest BCUT2D eigenvalue weighted by molar-refractivity contribution is -0.338. The van der Waals surface area contributed by atoms with Gasteiger partial charge in [-0.15, -0.1) is 0 Å². The summed E-state index contributed by atoms with van der Waals surface area (Å²) in [5, 5.41) is 61.7. The Morgan fingerprint density at radius 2 is 1.68 bits per heavy atom. The van der Waals surface area contributed by atoms with Gasteiger partial charge in [0.05, 0.1) is 6.61 Å². The number of nitrogens with one attached hydrogen (secondary N) is 1. The van der Waals surface area contributed by atoms with Crippen molar-refractivity contribution in [3.8, 4) is 0 Å². The van der Waals surface area contributed by atoms with E-state index in [0.29, 0.717) is 0 Å². The van der Waals surface area contributed by atoms with Crippen LogP contribution in [-0.2, 0) is 28.5 Å². The maximum Gasteiger partial charge on any atom is 0.335 e. The first kappa shape index (κ1) is 22.9. The minimum absolute atomic E-state index is 0.607. The summed E-state index contributed by atoms with van der Waals surface area (Å²) in [6.45, 7) is 0.429. The number of methoxy groups -OCH3 is 1. The van der Waals surface area contributed by atoms with Crippen LogP contribution in [0.15, 0.2) is 0 Å². The smallest absolute Gasteiger partial charge is 0.335 e. The fourth-order valence-electron chi connectivity index (χ4n) is 3.20. The number of carbonyl (C=O) groups excluding carboxylic acids is 1. The summed E-state index contributed by atoms with van der Waals surface area (Å²) >= 11 is 0. The monoisotopic (exact) mass is 411 g/mol. The number of carbonyl (C=O) groups is 2. The van der Waals surface area contributed by atoms with E-state index in [4.69, 9.17) is 18.9 Å². The summed E-state index contributed by atoms with van der Waals surface area (Å²) in [6.07, 6.45) is -14.4. The van der Waals surface area contributed by atoms with Gasteiger partial charge >= 0.3 is 5.97 Å². The molecule has 13 nitrogen and oxygen atoms in total. The predicted molar refractivity (Wildman–Crippen MR) is 85.6 cm³/mol. The van der Waals surface area contributed by atoms with Gasteiger partial charge in [-0.05, 0) is 0 Å². The number of hydrogen-bond acceptors (Lipinski definition) is 11. The number of aliphatic hydroxyl groups excluding tert-OH is 5. The van der Waals surface area contributed by atoms with Gasteiger partial charge < -0.3 is 54.9 Å². The van der Waals surface area contributed by atoms with Crippen LogP contribution in [-0.4, -0.2) is 118 Å². The van der Waals surface area contributed by atoms with Crippen molar-refractivity contribution in [1.82, 2.24) is 5.32 Å². The largest absolute Gasteiger partial charge is 0.479 e. The average Bonchev–Trinajstić information content (AvgIpc) is 2.63. The van der Waals surface area contributed by atoms with E-state index in [1.165, 1.54) is 0 Å². The van der Waals surface area contributed by atoms with Gasteiger partial charge in [0.15, 0.2) is 18.7 Å². The van der Waals surface area contributed by atoms with E-state index >= 15 is 0 Å². The van der Waals surface area contributed by atoms with Crippen molar-refractivity contribution < 1.29 is 59.2 Å². The van der Waals surface area contributed by atoms with Crippen LogP contribution in [0, 0.1) is 0 Å². The number of rotatable bonds is 6. The molecule has 0 spiro atoms. The Morgan fingerprint density at radius 1 is 1.04 bits per heavy atom. The van der Waals surface area contributed by atoms with Crippen LogP contribution in [0.2, 0.25) is 0 Å². The minimum Gasteiger partial charge on any atom is -0.479 e. The van der Waals surface area contributed by atoms with Crippen molar-refractivity contribution in [1.29, 1.82) is 0 Å². The van der Waals surface area contributed by atoms with Crippen molar-refractivity contribution in [2.24, 2.45) is 0 Å². The molecule has 0 radical (unpaired) electrons. The highest BCUT2D eigenvalue weighted by Gasteiger charge is 2.52. The van der Waals surface area contributed by atoms with Gasteiger partial charge in [0, 0.05) is 14.0 Å². The fraction of sp³-hybridized carbons (Fsp3) is 0.867. The highest BCUT2D eigenvalue weighted by molar-refractivity contribution is 5.73. The van der Waals surface area contributed by atoms with Crippen molar-refractivity contribution >= 4 is 11.9 Å². The van der Waals surface area contributed by atoms with E-state index in [1.54, 1.807) is 0 Å². The van der Waals surface area contributed by atoms with E-state index in [9.17, 15) is 40.2 Å². The van der Waals surface area contributed by atoms with Crippen LogP contribution < -0.4 is 5.32 Å². The minimum atomic E-state index is -1.78. The van der Waals surface area contributed by atoms with Crippen molar-refractivity contribution in [3.05, 3.63) is 0 Å². The second-order valence-electron chi connectivity index (χ2n) is 6.51. The SMILES string of the molecule is CO[C@@H]1C(C(=O)O)O[C@@H](O[C@@H]2C(NC(C)=O)[C@H](O)OC(CO)[C@@H]2O)C(O)[C@H]1O. The molecule has 1 amide bonds. The number of aliphatic carboxylic acids is 1. The molecule has 2 saturated heterocycles. The quantitative estimate of drug-likeness (QED) is 0.221. The van der Waals surface area contributed by atoms with E-state index in [0.717, 1.165) is 14.0 Å². The number of carboxylic acids is 1. The Hall–Kier alpha value is -1.42. The summed E-state index contributed by atoms with van der Waals surface area (Å²) in [4.78, 5) is 22.8. The highest BCUT2D eigenvalue weighted by atomic mass is 16.7. The number of amides is 1. The third-order valence-corrected chi connectivity index (χ3v) is 4.59. The molecular weight excluding hydrogens is 386 g/mol. The first-order chi connectivity index (χ1) is 13.1. The summed E-state index contributed by atoms with van der Waals surface area (Å²) in [6, 6.07) is -1.34. The molecule has 0 saturated carbocycles. The molecule has 0 aromatic carbocycles. The van der Waals surface area contributed by atoms with E-state index in [1.807, 2.05) is 0 Å². The molecule has 2 aliphatic heterocycles. The number of hydrogen-bond donors (Lipinski definition) is 7. The third-order valence-electron chi connectivity index (χ3n) is 4.59. The zero-order valence-electron chi connectivity index (χ0n) is 15.1. The Bertz CT molecular complexity index is 561. The third kappa shape index (κ3) is 4.59. The second kappa shape index (κ2) is 9.39. The van der Waals surface area contributed by atoms with Gasteiger partial charge in [-0.3, -0.25) is 4.79 Å².